The standard InChI is InChI=1S/C15H21NO4/c1-4-15(18)9-16(10-15)14(17)11(2)20-13-7-5-12(19-3)6-8-13/h5-8,11,18H,4,9-10H2,1-3H3. The summed E-state index contributed by atoms with van der Waals surface area (Å²) in [5.74, 6) is 1.27. The van der Waals surface area contributed by atoms with Crippen LogP contribution in [0.5, 0.6) is 11.5 Å². The lowest BCUT2D eigenvalue weighted by Crippen LogP contribution is -2.64. The summed E-state index contributed by atoms with van der Waals surface area (Å²) in [5, 5.41) is 9.92. The molecule has 0 bridgehead atoms. The van der Waals surface area contributed by atoms with Gasteiger partial charge >= 0.3 is 0 Å². The SMILES string of the molecule is CCC1(O)CN(C(=O)C(C)Oc2ccc(OC)cc2)C1. The number of amides is 1. The molecule has 5 heteroatoms. The summed E-state index contributed by atoms with van der Waals surface area (Å²) in [6.07, 6.45) is 0.0922. The minimum Gasteiger partial charge on any atom is -0.497 e. The molecule has 5 nitrogen and oxygen atoms in total. The zero-order valence-corrected chi connectivity index (χ0v) is 12.1. The molecule has 1 atom stereocenters. The van der Waals surface area contributed by atoms with Gasteiger partial charge in [0.05, 0.1) is 25.8 Å². The molecule has 1 amide bonds. The highest BCUT2D eigenvalue weighted by molar-refractivity contribution is 5.82. The second kappa shape index (κ2) is 5.71. The van der Waals surface area contributed by atoms with Crippen LogP contribution in [-0.2, 0) is 4.79 Å². The maximum Gasteiger partial charge on any atom is 0.263 e. The molecule has 0 saturated carbocycles. The first-order valence-corrected chi connectivity index (χ1v) is 6.79. The number of aliphatic hydroxyl groups is 1. The number of likely N-dealkylation sites (tertiary alicyclic amines) is 1. The number of hydrogen-bond donors (Lipinski definition) is 1. The lowest BCUT2D eigenvalue weighted by molar-refractivity contribution is -0.162. The quantitative estimate of drug-likeness (QED) is 0.886. The zero-order chi connectivity index (χ0) is 14.8. The molecule has 1 aliphatic rings. The number of carbonyl (C=O) groups excluding carboxylic acids is 1. The summed E-state index contributed by atoms with van der Waals surface area (Å²) >= 11 is 0. The van der Waals surface area contributed by atoms with Gasteiger partial charge in [-0.25, -0.2) is 0 Å². The molecular weight excluding hydrogens is 258 g/mol. The van der Waals surface area contributed by atoms with Crippen LogP contribution in [0.15, 0.2) is 24.3 Å². The smallest absolute Gasteiger partial charge is 0.263 e. The average molecular weight is 279 g/mol. The molecule has 0 aliphatic carbocycles. The van der Waals surface area contributed by atoms with Crippen LogP contribution in [-0.4, -0.2) is 47.8 Å². The summed E-state index contributed by atoms with van der Waals surface area (Å²) in [6.45, 7) is 4.41. The summed E-state index contributed by atoms with van der Waals surface area (Å²) in [7, 11) is 1.60. The van der Waals surface area contributed by atoms with E-state index in [9.17, 15) is 9.90 Å². The maximum atomic E-state index is 12.1. The number of nitrogens with zero attached hydrogens (tertiary/aromatic N) is 1. The van der Waals surface area contributed by atoms with E-state index < -0.39 is 11.7 Å². The Hall–Kier alpha value is -1.75. The van der Waals surface area contributed by atoms with E-state index in [4.69, 9.17) is 9.47 Å². The Morgan fingerprint density at radius 1 is 1.35 bits per heavy atom. The molecule has 1 N–H and O–H groups in total. The molecule has 1 aromatic rings. The van der Waals surface area contributed by atoms with Crippen LogP contribution in [0.3, 0.4) is 0 Å². The number of benzene rings is 1. The lowest BCUT2D eigenvalue weighted by atomic mass is 9.91. The van der Waals surface area contributed by atoms with E-state index in [1.165, 1.54) is 0 Å². The first-order chi connectivity index (χ1) is 9.47. The first kappa shape index (κ1) is 14.7. The summed E-state index contributed by atoms with van der Waals surface area (Å²) in [5.41, 5.74) is -0.713. The minimum atomic E-state index is -0.713. The fourth-order valence-corrected chi connectivity index (χ4v) is 2.21. The van der Waals surface area contributed by atoms with E-state index in [1.807, 2.05) is 6.92 Å². The number of ether oxygens (including phenoxy) is 2. The van der Waals surface area contributed by atoms with Gasteiger partial charge in [0.2, 0.25) is 0 Å². The first-order valence-electron chi connectivity index (χ1n) is 6.79. The van der Waals surface area contributed by atoms with Gasteiger partial charge in [-0.1, -0.05) is 6.92 Å². The second-order valence-electron chi connectivity index (χ2n) is 5.21. The monoisotopic (exact) mass is 279 g/mol. The number of carbonyl (C=O) groups is 1. The van der Waals surface area contributed by atoms with Crippen molar-refractivity contribution < 1.29 is 19.4 Å². The van der Waals surface area contributed by atoms with Crippen molar-refractivity contribution in [1.29, 1.82) is 0 Å². The van der Waals surface area contributed by atoms with E-state index >= 15 is 0 Å². The number of hydrogen-bond acceptors (Lipinski definition) is 4. The van der Waals surface area contributed by atoms with Gasteiger partial charge in [0, 0.05) is 0 Å². The van der Waals surface area contributed by atoms with Crippen molar-refractivity contribution in [2.24, 2.45) is 0 Å². The van der Waals surface area contributed by atoms with Gasteiger partial charge in [-0.15, -0.1) is 0 Å². The zero-order valence-electron chi connectivity index (χ0n) is 12.1. The van der Waals surface area contributed by atoms with Crippen LogP contribution >= 0.6 is 0 Å². The molecule has 1 fully saturated rings. The predicted octanol–water partition coefficient (Wildman–Crippen LogP) is 1.45. The summed E-state index contributed by atoms with van der Waals surface area (Å²) in [6, 6.07) is 7.10. The third-order valence-electron chi connectivity index (χ3n) is 3.66. The van der Waals surface area contributed by atoms with Crippen molar-refractivity contribution in [1.82, 2.24) is 4.90 Å². The summed E-state index contributed by atoms with van der Waals surface area (Å²) < 4.78 is 10.7. The fourth-order valence-electron chi connectivity index (χ4n) is 2.21. The van der Waals surface area contributed by atoms with Crippen molar-refractivity contribution in [3.63, 3.8) is 0 Å². The molecule has 0 radical (unpaired) electrons. The van der Waals surface area contributed by atoms with Crippen LogP contribution < -0.4 is 9.47 Å². The van der Waals surface area contributed by atoms with Crippen LogP contribution in [0.1, 0.15) is 20.3 Å². The van der Waals surface area contributed by atoms with Crippen LogP contribution in [0.4, 0.5) is 0 Å². The normalized spacial score (nSPS) is 18.1. The Morgan fingerprint density at radius 3 is 2.40 bits per heavy atom. The number of rotatable bonds is 5. The number of β-amino-alcohol motifs (C(OH)–C–C–N with tert-alkyl or cyclic N) is 1. The van der Waals surface area contributed by atoms with E-state index in [1.54, 1.807) is 43.2 Å². The molecule has 1 saturated heterocycles. The molecule has 20 heavy (non-hydrogen) atoms. The van der Waals surface area contributed by atoms with Gasteiger partial charge in [-0.05, 0) is 37.6 Å². The van der Waals surface area contributed by atoms with Gasteiger partial charge < -0.3 is 19.5 Å². The van der Waals surface area contributed by atoms with Crippen molar-refractivity contribution in [3.8, 4) is 11.5 Å². The second-order valence-corrected chi connectivity index (χ2v) is 5.21. The van der Waals surface area contributed by atoms with E-state index in [0.29, 0.717) is 25.3 Å². The average Bonchev–Trinajstić information content (AvgIpc) is 2.44. The summed E-state index contributed by atoms with van der Waals surface area (Å²) in [4.78, 5) is 13.7. The Bertz CT molecular complexity index is 465. The van der Waals surface area contributed by atoms with Gasteiger partial charge in [0.25, 0.3) is 5.91 Å². The molecule has 1 aliphatic heterocycles. The third-order valence-corrected chi connectivity index (χ3v) is 3.66. The van der Waals surface area contributed by atoms with E-state index in [-0.39, 0.29) is 5.91 Å². The lowest BCUT2D eigenvalue weighted by Gasteiger charge is -2.46. The molecule has 1 heterocycles. The molecule has 110 valence electrons. The predicted molar refractivity (Wildman–Crippen MR) is 74.9 cm³/mol. The maximum absolute atomic E-state index is 12.1. The molecule has 0 spiro atoms. The molecular formula is C15H21NO4. The van der Waals surface area contributed by atoms with Crippen molar-refractivity contribution in [2.75, 3.05) is 20.2 Å². The fraction of sp³-hybridized carbons (Fsp3) is 0.533. The van der Waals surface area contributed by atoms with Crippen molar-refractivity contribution in [2.45, 2.75) is 32.0 Å². The van der Waals surface area contributed by atoms with E-state index in [2.05, 4.69) is 0 Å². The van der Waals surface area contributed by atoms with Crippen LogP contribution in [0, 0.1) is 0 Å². The van der Waals surface area contributed by atoms with Crippen LogP contribution in [0.2, 0.25) is 0 Å². The molecule has 1 unspecified atom stereocenters. The van der Waals surface area contributed by atoms with E-state index in [0.717, 1.165) is 5.75 Å². The van der Waals surface area contributed by atoms with Gasteiger partial charge in [0.15, 0.2) is 6.10 Å². The molecule has 2 rings (SSSR count). The Labute approximate surface area is 119 Å². The van der Waals surface area contributed by atoms with Crippen molar-refractivity contribution in [3.05, 3.63) is 24.3 Å². The third kappa shape index (κ3) is 3.04. The van der Waals surface area contributed by atoms with Crippen molar-refractivity contribution >= 4 is 5.91 Å². The van der Waals surface area contributed by atoms with Gasteiger partial charge in [0.1, 0.15) is 11.5 Å². The van der Waals surface area contributed by atoms with Gasteiger partial charge in [-0.3, -0.25) is 4.79 Å². The Kier molecular flexibility index (Phi) is 4.18. The highest BCUT2D eigenvalue weighted by Gasteiger charge is 2.43. The Balaban J connectivity index is 1.88. The largest absolute Gasteiger partial charge is 0.497 e. The topological polar surface area (TPSA) is 59.0 Å². The molecule has 1 aromatic carbocycles. The molecule has 0 aromatic heterocycles. The Morgan fingerprint density at radius 2 is 1.90 bits per heavy atom. The minimum absolute atomic E-state index is 0.0982. The highest BCUT2D eigenvalue weighted by atomic mass is 16.5. The van der Waals surface area contributed by atoms with Crippen LogP contribution in [0.25, 0.3) is 0 Å². The number of methoxy groups -OCH3 is 1. The highest BCUT2D eigenvalue weighted by Crippen LogP contribution is 2.25. The van der Waals surface area contributed by atoms with Gasteiger partial charge in [-0.2, -0.15) is 0 Å².